The van der Waals surface area contributed by atoms with E-state index in [2.05, 4.69) is 16.7 Å². The lowest BCUT2D eigenvalue weighted by atomic mass is 9.99. The van der Waals surface area contributed by atoms with Crippen LogP contribution in [0.25, 0.3) is 0 Å². The van der Waals surface area contributed by atoms with Crippen LogP contribution in [-0.2, 0) is 11.3 Å². The van der Waals surface area contributed by atoms with E-state index in [1.54, 1.807) is 0 Å². The lowest BCUT2D eigenvalue weighted by molar-refractivity contribution is -0.140. The van der Waals surface area contributed by atoms with Gasteiger partial charge >= 0.3 is 0 Å². The fourth-order valence-electron chi connectivity index (χ4n) is 3.61. The molecule has 2 unspecified atom stereocenters. The maximum atomic E-state index is 12.9. The van der Waals surface area contributed by atoms with Gasteiger partial charge in [-0.3, -0.25) is 9.69 Å². The minimum atomic E-state index is -0.123. The summed E-state index contributed by atoms with van der Waals surface area (Å²) in [5.41, 5.74) is 1.13. The molecule has 2 atom stereocenters. The highest BCUT2D eigenvalue weighted by atomic mass is 16.7. The number of hydrogen-bond acceptors (Lipinski definition) is 4. The Balaban J connectivity index is 1.63. The Kier molecular flexibility index (Phi) is 5.29. The van der Waals surface area contributed by atoms with Gasteiger partial charge in [-0.1, -0.05) is 13.0 Å². The van der Waals surface area contributed by atoms with Gasteiger partial charge in [0.2, 0.25) is 12.7 Å². The number of rotatable bonds is 5. The van der Waals surface area contributed by atoms with E-state index in [0.29, 0.717) is 12.6 Å². The summed E-state index contributed by atoms with van der Waals surface area (Å²) < 4.78 is 10.8. The topological polar surface area (TPSA) is 42.0 Å². The Hall–Kier alpha value is -1.75. The molecule has 0 aromatic heterocycles. The molecular formula is C19H28N2O3. The molecule has 1 aromatic carbocycles. The fraction of sp³-hybridized carbons (Fsp3) is 0.632. The number of likely N-dealkylation sites (tertiary alicyclic amines) is 1. The summed E-state index contributed by atoms with van der Waals surface area (Å²) >= 11 is 0. The van der Waals surface area contributed by atoms with Crippen molar-refractivity contribution in [3.05, 3.63) is 23.8 Å². The van der Waals surface area contributed by atoms with E-state index in [4.69, 9.17) is 9.47 Å². The Morgan fingerprint density at radius 3 is 2.92 bits per heavy atom. The molecule has 0 spiro atoms. The molecule has 1 aromatic rings. The van der Waals surface area contributed by atoms with Crippen LogP contribution in [-0.4, -0.2) is 48.2 Å². The van der Waals surface area contributed by atoms with E-state index < -0.39 is 0 Å². The van der Waals surface area contributed by atoms with Crippen LogP contribution in [0.15, 0.2) is 18.2 Å². The molecule has 2 heterocycles. The molecule has 0 bridgehead atoms. The number of piperidine rings is 1. The van der Waals surface area contributed by atoms with Crippen LogP contribution in [0.5, 0.6) is 11.5 Å². The molecule has 1 saturated heterocycles. The predicted molar refractivity (Wildman–Crippen MR) is 93.1 cm³/mol. The third-order valence-corrected chi connectivity index (χ3v) is 5.27. The summed E-state index contributed by atoms with van der Waals surface area (Å²) in [4.78, 5) is 17.1. The average molecular weight is 332 g/mol. The number of ether oxygens (including phenoxy) is 2. The van der Waals surface area contributed by atoms with Gasteiger partial charge in [0, 0.05) is 19.1 Å². The van der Waals surface area contributed by atoms with Crippen molar-refractivity contribution in [2.24, 2.45) is 0 Å². The van der Waals surface area contributed by atoms with Gasteiger partial charge in [-0.25, -0.2) is 0 Å². The Bertz CT molecular complexity index is 590. The highest BCUT2D eigenvalue weighted by Crippen LogP contribution is 2.33. The monoisotopic (exact) mass is 332 g/mol. The lowest BCUT2D eigenvalue weighted by Crippen LogP contribution is -2.51. The number of carbonyl (C=O) groups excluding carboxylic acids is 1. The zero-order valence-corrected chi connectivity index (χ0v) is 15.0. The van der Waals surface area contributed by atoms with E-state index in [9.17, 15) is 4.79 Å². The summed E-state index contributed by atoms with van der Waals surface area (Å²) in [5.74, 6) is 1.84. The second-order valence-corrected chi connectivity index (χ2v) is 6.87. The van der Waals surface area contributed by atoms with Gasteiger partial charge < -0.3 is 14.4 Å². The van der Waals surface area contributed by atoms with Gasteiger partial charge in [0.25, 0.3) is 0 Å². The molecule has 0 radical (unpaired) electrons. The SMILES string of the molecule is CCC1CCCCN1C(=O)C(C)N(C)Cc1ccc2c(c1)OCO2. The van der Waals surface area contributed by atoms with Crippen molar-refractivity contribution in [3.63, 3.8) is 0 Å². The normalized spacial score (nSPS) is 21.2. The van der Waals surface area contributed by atoms with Gasteiger partial charge in [-0.15, -0.1) is 0 Å². The second kappa shape index (κ2) is 7.43. The summed E-state index contributed by atoms with van der Waals surface area (Å²) in [6, 6.07) is 6.27. The van der Waals surface area contributed by atoms with Crippen LogP contribution < -0.4 is 9.47 Å². The fourth-order valence-corrected chi connectivity index (χ4v) is 3.61. The first-order valence-corrected chi connectivity index (χ1v) is 8.99. The van der Waals surface area contributed by atoms with Crippen LogP contribution >= 0.6 is 0 Å². The largest absolute Gasteiger partial charge is 0.454 e. The zero-order chi connectivity index (χ0) is 17.1. The van der Waals surface area contributed by atoms with Crippen molar-refractivity contribution in [2.75, 3.05) is 20.4 Å². The molecule has 24 heavy (non-hydrogen) atoms. The van der Waals surface area contributed by atoms with Crippen molar-refractivity contribution in [1.82, 2.24) is 9.80 Å². The summed E-state index contributed by atoms with van der Waals surface area (Å²) in [6.07, 6.45) is 4.55. The average Bonchev–Trinajstić information content (AvgIpc) is 3.08. The number of amides is 1. The minimum Gasteiger partial charge on any atom is -0.454 e. The van der Waals surface area contributed by atoms with Crippen LogP contribution in [0.1, 0.15) is 45.1 Å². The van der Waals surface area contributed by atoms with E-state index in [1.807, 2.05) is 32.2 Å². The van der Waals surface area contributed by atoms with Crippen molar-refractivity contribution in [2.45, 2.75) is 58.2 Å². The third kappa shape index (κ3) is 3.51. The first kappa shape index (κ1) is 17.1. The highest BCUT2D eigenvalue weighted by Gasteiger charge is 2.30. The van der Waals surface area contributed by atoms with E-state index in [1.165, 1.54) is 6.42 Å². The van der Waals surface area contributed by atoms with Gasteiger partial charge in [-0.2, -0.15) is 0 Å². The van der Waals surface area contributed by atoms with Crippen molar-refractivity contribution < 1.29 is 14.3 Å². The zero-order valence-electron chi connectivity index (χ0n) is 15.0. The Labute approximate surface area is 144 Å². The number of fused-ring (bicyclic) bond motifs is 1. The molecule has 0 aliphatic carbocycles. The Morgan fingerprint density at radius 1 is 1.33 bits per heavy atom. The van der Waals surface area contributed by atoms with Gasteiger partial charge in [0.15, 0.2) is 11.5 Å². The van der Waals surface area contributed by atoms with Crippen LogP contribution in [0.3, 0.4) is 0 Å². The van der Waals surface area contributed by atoms with E-state index >= 15 is 0 Å². The quantitative estimate of drug-likeness (QED) is 0.831. The summed E-state index contributed by atoms with van der Waals surface area (Å²) in [6.45, 7) is 6.10. The molecule has 2 aliphatic heterocycles. The number of carbonyl (C=O) groups is 1. The number of likely N-dealkylation sites (N-methyl/N-ethyl adjacent to an activating group) is 1. The number of nitrogens with zero attached hydrogens (tertiary/aromatic N) is 2. The third-order valence-electron chi connectivity index (χ3n) is 5.27. The predicted octanol–water partition coefficient (Wildman–Crippen LogP) is 3.03. The highest BCUT2D eigenvalue weighted by molar-refractivity contribution is 5.81. The molecule has 5 heteroatoms. The van der Waals surface area contributed by atoms with E-state index in [-0.39, 0.29) is 18.7 Å². The molecule has 2 aliphatic rings. The second-order valence-electron chi connectivity index (χ2n) is 6.87. The van der Waals surface area contributed by atoms with Crippen molar-refractivity contribution >= 4 is 5.91 Å². The van der Waals surface area contributed by atoms with Crippen LogP contribution in [0.2, 0.25) is 0 Å². The van der Waals surface area contributed by atoms with Gasteiger partial charge in [0.05, 0.1) is 6.04 Å². The first-order chi connectivity index (χ1) is 11.6. The minimum absolute atomic E-state index is 0.123. The smallest absolute Gasteiger partial charge is 0.239 e. The molecule has 0 N–H and O–H groups in total. The number of benzene rings is 1. The molecule has 3 rings (SSSR count). The molecule has 132 valence electrons. The van der Waals surface area contributed by atoms with Gasteiger partial charge in [-0.05, 0) is 57.4 Å². The van der Waals surface area contributed by atoms with Gasteiger partial charge in [0.1, 0.15) is 0 Å². The Morgan fingerprint density at radius 2 is 2.12 bits per heavy atom. The molecule has 5 nitrogen and oxygen atoms in total. The molecule has 1 fully saturated rings. The standard InChI is InChI=1S/C19H28N2O3/c1-4-16-7-5-6-10-21(16)19(22)14(2)20(3)12-15-8-9-17-18(11-15)24-13-23-17/h8-9,11,14,16H,4-7,10,12-13H2,1-3H3. The van der Waals surface area contributed by atoms with Crippen LogP contribution in [0.4, 0.5) is 0 Å². The summed E-state index contributed by atoms with van der Waals surface area (Å²) in [5, 5.41) is 0. The first-order valence-electron chi connectivity index (χ1n) is 8.99. The maximum absolute atomic E-state index is 12.9. The van der Waals surface area contributed by atoms with Crippen LogP contribution in [0, 0.1) is 0 Å². The molecule has 0 saturated carbocycles. The maximum Gasteiger partial charge on any atom is 0.239 e. The lowest BCUT2D eigenvalue weighted by Gasteiger charge is -2.38. The van der Waals surface area contributed by atoms with Crippen molar-refractivity contribution in [1.29, 1.82) is 0 Å². The number of hydrogen-bond donors (Lipinski definition) is 0. The van der Waals surface area contributed by atoms with E-state index in [0.717, 1.165) is 42.9 Å². The van der Waals surface area contributed by atoms with Crippen molar-refractivity contribution in [3.8, 4) is 11.5 Å². The summed E-state index contributed by atoms with van der Waals surface area (Å²) in [7, 11) is 2.01. The molecule has 1 amide bonds. The molecular weight excluding hydrogens is 304 g/mol.